The van der Waals surface area contributed by atoms with E-state index in [1.807, 2.05) is 24.8 Å². The van der Waals surface area contributed by atoms with E-state index in [9.17, 15) is 20.0 Å². The molecule has 0 aromatic heterocycles. The lowest BCUT2D eigenvalue weighted by atomic mass is 9.94. The molecule has 0 bridgehead atoms. The second-order valence-corrected chi connectivity index (χ2v) is 5.43. The van der Waals surface area contributed by atoms with Crippen molar-refractivity contribution in [2.45, 2.75) is 45.7 Å². The summed E-state index contributed by atoms with van der Waals surface area (Å²) in [6.07, 6.45) is 0.672. The number of rotatable bonds is 7. The normalized spacial score (nSPS) is 13.2. The van der Waals surface area contributed by atoms with Gasteiger partial charge < -0.3 is 5.11 Å². The van der Waals surface area contributed by atoms with E-state index in [4.69, 9.17) is 0 Å². The average Bonchev–Trinajstić information content (AvgIpc) is 2.44. The molecule has 0 saturated heterocycles. The summed E-state index contributed by atoms with van der Waals surface area (Å²) in [6, 6.07) is 6.23. The molecule has 0 aliphatic carbocycles. The fourth-order valence-electron chi connectivity index (χ4n) is 2.61. The number of carboxylic acids is 1. The van der Waals surface area contributed by atoms with Crippen LogP contribution in [0.1, 0.15) is 45.7 Å². The van der Waals surface area contributed by atoms with Gasteiger partial charge in [0.15, 0.2) is 0 Å². The average molecular weight is 294 g/mol. The van der Waals surface area contributed by atoms with E-state index < -0.39 is 16.4 Å². The third-order valence-electron chi connectivity index (χ3n) is 3.81. The summed E-state index contributed by atoms with van der Waals surface area (Å²) in [4.78, 5) is 23.8. The van der Waals surface area contributed by atoms with Crippen LogP contribution >= 0.6 is 0 Å². The lowest BCUT2D eigenvalue weighted by Gasteiger charge is -2.40. The Morgan fingerprint density at radius 2 is 2.05 bits per heavy atom. The number of nitro groups is 1. The van der Waals surface area contributed by atoms with Crippen LogP contribution in [0.15, 0.2) is 24.3 Å². The van der Waals surface area contributed by atoms with Gasteiger partial charge in [0, 0.05) is 18.2 Å². The van der Waals surface area contributed by atoms with Crippen LogP contribution in [0.2, 0.25) is 0 Å². The Hall–Kier alpha value is -1.95. The molecular weight excluding hydrogens is 272 g/mol. The number of non-ortho nitro benzene ring substituents is 1. The van der Waals surface area contributed by atoms with Crippen molar-refractivity contribution in [3.05, 3.63) is 39.9 Å². The molecule has 1 atom stereocenters. The number of carbonyl (C=O) groups is 1. The molecule has 0 fully saturated rings. The Bertz CT molecular complexity index is 528. The smallest absolute Gasteiger partial charge is 0.323 e. The van der Waals surface area contributed by atoms with Gasteiger partial charge in [0.2, 0.25) is 0 Å². The summed E-state index contributed by atoms with van der Waals surface area (Å²) in [5, 5.41) is 20.3. The molecule has 0 aliphatic rings. The summed E-state index contributed by atoms with van der Waals surface area (Å²) < 4.78 is 0. The first-order chi connectivity index (χ1) is 9.75. The molecule has 0 saturated carbocycles. The highest BCUT2D eigenvalue weighted by Crippen LogP contribution is 2.32. The van der Waals surface area contributed by atoms with Crippen LogP contribution in [-0.4, -0.2) is 33.0 Å². The number of likely N-dealkylation sites (N-methyl/N-ethyl adjacent to an activating group) is 1. The SMILES string of the molecule is CCC(c1cccc([N+](=O)[O-])c1)N(CC)C(C)(C)C(=O)O. The third kappa shape index (κ3) is 3.58. The van der Waals surface area contributed by atoms with Crippen molar-refractivity contribution >= 4 is 11.7 Å². The Balaban J connectivity index is 3.25. The molecule has 6 heteroatoms. The van der Waals surface area contributed by atoms with Crippen LogP contribution < -0.4 is 0 Å². The van der Waals surface area contributed by atoms with Gasteiger partial charge in [-0.1, -0.05) is 26.0 Å². The summed E-state index contributed by atoms with van der Waals surface area (Å²) >= 11 is 0. The lowest BCUT2D eigenvalue weighted by Crippen LogP contribution is -2.51. The Morgan fingerprint density at radius 3 is 2.48 bits per heavy atom. The van der Waals surface area contributed by atoms with Crippen LogP contribution in [0, 0.1) is 10.1 Å². The number of carboxylic acid groups (broad SMARTS) is 1. The summed E-state index contributed by atoms with van der Waals surface area (Å²) in [5.41, 5.74) is -0.252. The zero-order valence-electron chi connectivity index (χ0n) is 12.9. The first kappa shape index (κ1) is 17.1. The van der Waals surface area contributed by atoms with Crippen LogP contribution in [0.4, 0.5) is 5.69 Å². The maximum absolute atomic E-state index is 11.5. The quantitative estimate of drug-likeness (QED) is 0.616. The van der Waals surface area contributed by atoms with Crippen molar-refractivity contribution in [1.29, 1.82) is 0 Å². The zero-order chi connectivity index (χ0) is 16.2. The molecule has 0 radical (unpaired) electrons. The fraction of sp³-hybridized carbons (Fsp3) is 0.533. The van der Waals surface area contributed by atoms with E-state index in [2.05, 4.69) is 0 Å². The second-order valence-electron chi connectivity index (χ2n) is 5.43. The number of hydrogen-bond donors (Lipinski definition) is 1. The zero-order valence-corrected chi connectivity index (χ0v) is 12.9. The van der Waals surface area contributed by atoms with Crippen LogP contribution in [-0.2, 0) is 4.79 Å². The minimum atomic E-state index is -1.04. The summed E-state index contributed by atoms with van der Waals surface area (Å²) in [6.45, 7) is 7.69. The van der Waals surface area contributed by atoms with Gasteiger partial charge in [0.25, 0.3) is 5.69 Å². The highest BCUT2D eigenvalue weighted by molar-refractivity contribution is 5.77. The predicted molar refractivity (Wildman–Crippen MR) is 80.2 cm³/mol. The van der Waals surface area contributed by atoms with Gasteiger partial charge in [-0.2, -0.15) is 0 Å². The van der Waals surface area contributed by atoms with Crippen molar-refractivity contribution in [1.82, 2.24) is 4.90 Å². The Morgan fingerprint density at radius 1 is 1.43 bits per heavy atom. The maximum Gasteiger partial charge on any atom is 0.323 e. The highest BCUT2D eigenvalue weighted by Gasteiger charge is 2.38. The maximum atomic E-state index is 11.5. The van der Waals surface area contributed by atoms with E-state index in [1.165, 1.54) is 12.1 Å². The highest BCUT2D eigenvalue weighted by atomic mass is 16.6. The number of nitrogens with zero attached hydrogens (tertiary/aromatic N) is 2. The van der Waals surface area contributed by atoms with E-state index >= 15 is 0 Å². The van der Waals surface area contributed by atoms with Crippen molar-refractivity contribution in [3.63, 3.8) is 0 Å². The fourth-order valence-corrected chi connectivity index (χ4v) is 2.61. The number of nitro benzene ring substituents is 1. The monoisotopic (exact) mass is 294 g/mol. The van der Waals surface area contributed by atoms with Crippen LogP contribution in [0.5, 0.6) is 0 Å². The van der Waals surface area contributed by atoms with Crippen LogP contribution in [0.3, 0.4) is 0 Å². The van der Waals surface area contributed by atoms with Gasteiger partial charge >= 0.3 is 5.97 Å². The molecule has 6 nitrogen and oxygen atoms in total. The van der Waals surface area contributed by atoms with E-state index in [1.54, 1.807) is 19.9 Å². The molecule has 21 heavy (non-hydrogen) atoms. The molecule has 0 spiro atoms. The third-order valence-corrected chi connectivity index (χ3v) is 3.81. The van der Waals surface area contributed by atoms with Gasteiger partial charge in [-0.25, -0.2) is 0 Å². The van der Waals surface area contributed by atoms with Gasteiger partial charge in [0.1, 0.15) is 5.54 Å². The first-order valence-corrected chi connectivity index (χ1v) is 7.00. The molecule has 116 valence electrons. The first-order valence-electron chi connectivity index (χ1n) is 7.00. The number of hydrogen-bond acceptors (Lipinski definition) is 4. The van der Waals surface area contributed by atoms with Gasteiger partial charge in [-0.15, -0.1) is 0 Å². The molecule has 1 rings (SSSR count). The van der Waals surface area contributed by atoms with Gasteiger partial charge in [0.05, 0.1) is 4.92 Å². The molecular formula is C15H22N2O4. The van der Waals surface area contributed by atoms with Crippen molar-refractivity contribution in [2.75, 3.05) is 6.54 Å². The number of benzene rings is 1. The molecule has 1 aromatic rings. The Labute approximate surface area is 124 Å². The second kappa shape index (κ2) is 6.67. The van der Waals surface area contributed by atoms with E-state index in [-0.39, 0.29) is 11.7 Å². The van der Waals surface area contributed by atoms with Crippen molar-refractivity contribution < 1.29 is 14.8 Å². The van der Waals surface area contributed by atoms with Crippen LogP contribution in [0.25, 0.3) is 0 Å². The molecule has 0 amide bonds. The molecule has 1 N–H and O–H groups in total. The lowest BCUT2D eigenvalue weighted by molar-refractivity contribution is -0.385. The minimum absolute atomic E-state index is 0.0233. The van der Waals surface area contributed by atoms with Crippen molar-refractivity contribution in [3.8, 4) is 0 Å². The predicted octanol–water partition coefficient (Wildman–Crippen LogP) is 3.23. The van der Waals surface area contributed by atoms with E-state index in [0.29, 0.717) is 13.0 Å². The van der Waals surface area contributed by atoms with Gasteiger partial charge in [-0.05, 0) is 32.4 Å². The van der Waals surface area contributed by atoms with Gasteiger partial charge in [-0.3, -0.25) is 19.8 Å². The molecule has 1 unspecified atom stereocenters. The number of aliphatic carboxylic acids is 1. The standard InChI is InChI=1S/C15H22N2O4/c1-5-13(16(6-2)15(3,4)14(18)19)11-8-7-9-12(10-11)17(20)21/h7-10,13H,5-6H2,1-4H3,(H,18,19). The summed E-state index contributed by atoms with van der Waals surface area (Å²) in [7, 11) is 0. The summed E-state index contributed by atoms with van der Waals surface area (Å²) in [5.74, 6) is -0.909. The minimum Gasteiger partial charge on any atom is -0.480 e. The Kier molecular flexibility index (Phi) is 5.43. The molecule has 0 aliphatic heterocycles. The largest absolute Gasteiger partial charge is 0.480 e. The van der Waals surface area contributed by atoms with E-state index in [0.717, 1.165) is 5.56 Å². The van der Waals surface area contributed by atoms with Crippen molar-refractivity contribution in [2.24, 2.45) is 0 Å². The topological polar surface area (TPSA) is 83.7 Å². The molecule has 0 heterocycles. The molecule has 1 aromatic carbocycles.